The van der Waals surface area contributed by atoms with E-state index in [1.807, 2.05) is 6.07 Å². The summed E-state index contributed by atoms with van der Waals surface area (Å²) >= 11 is 0. The lowest BCUT2D eigenvalue weighted by molar-refractivity contribution is -0.880. The van der Waals surface area contributed by atoms with Gasteiger partial charge < -0.3 is 24.1 Å². The van der Waals surface area contributed by atoms with Crippen LogP contribution < -0.4 is 14.9 Å². The van der Waals surface area contributed by atoms with Crippen LogP contribution >= 0.6 is 0 Å². The molecular weight excluding hydrogens is 220 g/mol. The molecular formula is C12H16N2O3. The number of anilines is 1. The van der Waals surface area contributed by atoms with E-state index in [2.05, 4.69) is 11.9 Å². The van der Waals surface area contributed by atoms with Crippen LogP contribution in [0.3, 0.4) is 0 Å². The van der Waals surface area contributed by atoms with Crippen LogP contribution in [-0.4, -0.2) is 39.2 Å². The third kappa shape index (κ3) is 3.10. The lowest BCUT2D eigenvalue weighted by Gasteiger charge is -2.29. The van der Waals surface area contributed by atoms with E-state index in [4.69, 9.17) is 4.42 Å². The number of furan rings is 1. The van der Waals surface area contributed by atoms with E-state index in [0.717, 1.165) is 38.1 Å². The molecule has 2 heterocycles. The third-order valence-corrected chi connectivity index (χ3v) is 2.92. The maximum Gasteiger partial charge on any atom is 0.196 e. The van der Waals surface area contributed by atoms with Crippen molar-refractivity contribution in [3.8, 4) is 0 Å². The first-order valence-corrected chi connectivity index (χ1v) is 5.70. The number of quaternary nitrogens is 1. The number of piperazine rings is 1. The van der Waals surface area contributed by atoms with Gasteiger partial charge in [-0.3, -0.25) is 0 Å². The van der Waals surface area contributed by atoms with Crippen molar-refractivity contribution in [1.82, 2.24) is 0 Å². The van der Waals surface area contributed by atoms with Crippen LogP contribution in [0.1, 0.15) is 5.76 Å². The van der Waals surface area contributed by atoms with E-state index >= 15 is 0 Å². The fraction of sp³-hybridized carbons (Fsp3) is 0.417. The van der Waals surface area contributed by atoms with Gasteiger partial charge >= 0.3 is 0 Å². The van der Waals surface area contributed by atoms with Crippen molar-refractivity contribution in [1.29, 1.82) is 0 Å². The van der Waals surface area contributed by atoms with E-state index in [1.54, 1.807) is 6.07 Å². The first kappa shape index (κ1) is 11.7. The Morgan fingerprint density at radius 1 is 1.47 bits per heavy atom. The lowest BCUT2D eigenvalue weighted by Crippen LogP contribution is -3.12. The van der Waals surface area contributed by atoms with Gasteiger partial charge in [0.15, 0.2) is 5.88 Å². The van der Waals surface area contributed by atoms with Crippen molar-refractivity contribution in [3.05, 3.63) is 24.0 Å². The normalized spacial score (nSPS) is 17.8. The van der Waals surface area contributed by atoms with Gasteiger partial charge in [0.05, 0.1) is 39.2 Å². The van der Waals surface area contributed by atoms with Crippen LogP contribution in [0, 0.1) is 0 Å². The summed E-state index contributed by atoms with van der Waals surface area (Å²) < 4.78 is 5.55. The zero-order valence-electron chi connectivity index (χ0n) is 9.81. The molecule has 1 N–H and O–H groups in total. The standard InChI is InChI=1S/C12H16N2O3/c1-13-6-8-14(9-7-13)11-4-2-10(17-11)3-5-12(15)16/h2-5H,6-9H2,1H3,(H,15,16)/b5-3+. The van der Waals surface area contributed by atoms with E-state index in [9.17, 15) is 9.90 Å². The summed E-state index contributed by atoms with van der Waals surface area (Å²) in [6, 6.07) is 3.63. The molecule has 5 heteroatoms. The Bertz CT molecular complexity index is 417. The van der Waals surface area contributed by atoms with Crippen LogP contribution in [0.15, 0.2) is 22.6 Å². The second kappa shape index (κ2) is 5.05. The van der Waals surface area contributed by atoms with E-state index in [-0.39, 0.29) is 0 Å². The molecule has 1 aliphatic heterocycles. The van der Waals surface area contributed by atoms with Crippen molar-refractivity contribution in [3.63, 3.8) is 0 Å². The van der Waals surface area contributed by atoms with Crippen LogP contribution in [-0.2, 0) is 4.79 Å². The molecule has 1 aromatic heterocycles. The Morgan fingerprint density at radius 2 is 2.18 bits per heavy atom. The molecule has 0 aromatic carbocycles. The number of likely N-dealkylation sites (N-methyl/N-ethyl adjacent to an activating group) is 1. The van der Waals surface area contributed by atoms with Gasteiger partial charge in [0.2, 0.25) is 0 Å². The Hall–Kier alpha value is -1.75. The molecule has 0 atom stereocenters. The largest absolute Gasteiger partial charge is 0.545 e. The first-order chi connectivity index (χ1) is 8.15. The molecule has 1 aromatic rings. The third-order valence-electron chi connectivity index (χ3n) is 2.92. The second-order valence-electron chi connectivity index (χ2n) is 4.27. The van der Waals surface area contributed by atoms with Gasteiger partial charge in [-0.1, -0.05) is 0 Å². The molecule has 1 aliphatic rings. The van der Waals surface area contributed by atoms with Crippen molar-refractivity contribution < 1.29 is 19.2 Å². The summed E-state index contributed by atoms with van der Waals surface area (Å²) in [5.41, 5.74) is 0. The molecule has 17 heavy (non-hydrogen) atoms. The molecule has 2 rings (SSSR count). The minimum absolute atomic E-state index is 0.537. The number of hydrogen-bond acceptors (Lipinski definition) is 4. The average molecular weight is 236 g/mol. The number of nitrogens with one attached hydrogen (secondary N) is 1. The monoisotopic (exact) mass is 236 g/mol. The summed E-state index contributed by atoms with van der Waals surface area (Å²) in [6.45, 7) is 4.10. The topological polar surface area (TPSA) is 61.0 Å². The van der Waals surface area contributed by atoms with Gasteiger partial charge in [0.25, 0.3) is 0 Å². The summed E-state index contributed by atoms with van der Waals surface area (Å²) in [7, 11) is 2.17. The summed E-state index contributed by atoms with van der Waals surface area (Å²) in [5, 5.41) is 10.3. The SMILES string of the molecule is C[NH+]1CCN(c2ccc(/C=C/C(=O)[O-])o2)CC1. The summed E-state index contributed by atoms with van der Waals surface area (Å²) in [4.78, 5) is 14.0. The maximum absolute atomic E-state index is 10.3. The van der Waals surface area contributed by atoms with Gasteiger partial charge in [0, 0.05) is 6.07 Å². The molecule has 92 valence electrons. The quantitative estimate of drug-likeness (QED) is 0.641. The fourth-order valence-electron chi connectivity index (χ4n) is 1.86. The number of rotatable bonds is 3. The molecule has 0 bridgehead atoms. The number of hydrogen-bond donors (Lipinski definition) is 1. The molecule has 5 nitrogen and oxygen atoms in total. The van der Waals surface area contributed by atoms with Crippen LogP contribution in [0.4, 0.5) is 5.88 Å². The van der Waals surface area contributed by atoms with Crippen LogP contribution in [0.2, 0.25) is 0 Å². The molecule has 0 unspecified atom stereocenters. The smallest absolute Gasteiger partial charge is 0.196 e. The predicted molar refractivity (Wildman–Crippen MR) is 61.6 cm³/mol. The first-order valence-electron chi connectivity index (χ1n) is 5.70. The Labute approximate surface area is 99.9 Å². The Balaban J connectivity index is 2.00. The number of carbonyl (C=O) groups excluding carboxylic acids is 1. The molecule has 0 aliphatic carbocycles. The molecule has 0 radical (unpaired) electrons. The van der Waals surface area contributed by atoms with E-state index < -0.39 is 5.97 Å². The zero-order valence-corrected chi connectivity index (χ0v) is 9.81. The number of aliphatic carboxylic acids is 1. The number of nitrogens with zero attached hydrogens (tertiary/aromatic N) is 1. The van der Waals surface area contributed by atoms with Gasteiger partial charge in [-0.25, -0.2) is 0 Å². The zero-order chi connectivity index (χ0) is 12.3. The van der Waals surface area contributed by atoms with Gasteiger partial charge in [-0.2, -0.15) is 0 Å². The van der Waals surface area contributed by atoms with Gasteiger partial charge in [-0.05, 0) is 18.2 Å². The van der Waals surface area contributed by atoms with Crippen LogP contribution in [0.25, 0.3) is 6.08 Å². The average Bonchev–Trinajstić information content (AvgIpc) is 2.76. The minimum Gasteiger partial charge on any atom is -0.545 e. The number of carboxylic acid groups (broad SMARTS) is 1. The van der Waals surface area contributed by atoms with Gasteiger partial charge in [0.1, 0.15) is 5.76 Å². The summed E-state index contributed by atoms with van der Waals surface area (Å²) in [5.74, 6) is 0.122. The Morgan fingerprint density at radius 3 is 2.82 bits per heavy atom. The highest BCUT2D eigenvalue weighted by atomic mass is 16.4. The molecule has 0 amide bonds. The van der Waals surface area contributed by atoms with Crippen LogP contribution in [0.5, 0.6) is 0 Å². The number of carboxylic acids is 1. The van der Waals surface area contributed by atoms with Gasteiger partial charge in [-0.15, -0.1) is 0 Å². The predicted octanol–water partition coefficient (Wildman–Crippen LogP) is -1.62. The maximum atomic E-state index is 10.3. The molecule has 1 saturated heterocycles. The van der Waals surface area contributed by atoms with Crippen molar-refractivity contribution in [2.24, 2.45) is 0 Å². The summed E-state index contributed by atoms with van der Waals surface area (Å²) in [6.07, 6.45) is 2.37. The second-order valence-corrected chi connectivity index (χ2v) is 4.27. The Kier molecular flexibility index (Phi) is 3.49. The highest BCUT2D eigenvalue weighted by molar-refractivity contribution is 5.83. The highest BCUT2D eigenvalue weighted by Gasteiger charge is 2.18. The number of carbonyl (C=O) groups is 1. The minimum atomic E-state index is -1.22. The van der Waals surface area contributed by atoms with Crippen molar-refractivity contribution in [2.45, 2.75) is 0 Å². The highest BCUT2D eigenvalue weighted by Crippen LogP contribution is 2.19. The fourth-order valence-corrected chi connectivity index (χ4v) is 1.86. The molecule has 1 fully saturated rings. The van der Waals surface area contributed by atoms with Crippen molar-refractivity contribution >= 4 is 17.9 Å². The van der Waals surface area contributed by atoms with Crippen molar-refractivity contribution in [2.75, 3.05) is 38.1 Å². The van der Waals surface area contributed by atoms with E-state index in [0.29, 0.717) is 5.76 Å². The molecule has 0 spiro atoms. The van der Waals surface area contributed by atoms with E-state index in [1.165, 1.54) is 11.0 Å². The lowest BCUT2D eigenvalue weighted by atomic mass is 10.3. The molecule has 0 saturated carbocycles.